The van der Waals surface area contributed by atoms with Crippen LogP contribution in [0.15, 0.2) is 59.6 Å². The first-order chi connectivity index (χ1) is 19.8. The molecule has 1 fully saturated rings. The highest BCUT2D eigenvalue weighted by molar-refractivity contribution is 6.20. The third kappa shape index (κ3) is 7.63. The number of carbonyl (C=O) groups excluding carboxylic acids is 3. The predicted octanol–water partition coefficient (Wildman–Crippen LogP) is 5.85. The van der Waals surface area contributed by atoms with Crippen molar-refractivity contribution in [1.29, 1.82) is 0 Å². The van der Waals surface area contributed by atoms with Crippen LogP contribution in [-0.2, 0) is 14.4 Å². The fourth-order valence-corrected chi connectivity index (χ4v) is 6.36. The highest BCUT2D eigenvalue weighted by Gasteiger charge is 2.38. The Hall–Kier alpha value is -3.48. The van der Waals surface area contributed by atoms with Crippen LogP contribution >= 0.6 is 0 Å². The second-order valence-corrected chi connectivity index (χ2v) is 12.1. The maximum Gasteiger partial charge on any atom is 0.272 e. The quantitative estimate of drug-likeness (QED) is 0.322. The Kier molecular flexibility index (Phi) is 10.7. The molecule has 0 radical (unpaired) electrons. The summed E-state index contributed by atoms with van der Waals surface area (Å²) in [5.41, 5.74) is 9.06. The number of carbonyl (C=O) groups is 3. The summed E-state index contributed by atoms with van der Waals surface area (Å²) in [5.74, 6) is -1.49. The topological polar surface area (TPSA) is 105 Å². The van der Waals surface area contributed by atoms with Gasteiger partial charge in [-0.2, -0.15) is 0 Å². The molecule has 0 saturated heterocycles. The van der Waals surface area contributed by atoms with Gasteiger partial charge in [0.15, 0.2) is 0 Å². The summed E-state index contributed by atoms with van der Waals surface area (Å²) in [6.45, 7) is 6.68. The fourth-order valence-electron chi connectivity index (χ4n) is 6.36. The first-order valence-corrected chi connectivity index (χ1v) is 15.4. The first-order valence-electron chi connectivity index (χ1n) is 15.4. The zero-order chi connectivity index (χ0) is 29.4. The van der Waals surface area contributed by atoms with E-state index in [0.717, 1.165) is 36.1 Å². The Morgan fingerprint density at radius 3 is 2.37 bits per heavy atom. The Morgan fingerprint density at radius 2 is 1.71 bits per heavy atom. The van der Waals surface area contributed by atoms with Gasteiger partial charge in [0.1, 0.15) is 0 Å². The summed E-state index contributed by atoms with van der Waals surface area (Å²) < 4.78 is 0. The van der Waals surface area contributed by atoms with Crippen LogP contribution in [0.2, 0.25) is 0 Å². The number of para-hydroxylation sites is 1. The summed E-state index contributed by atoms with van der Waals surface area (Å²) in [6.07, 6.45) is 7.44. The number of fused-ring (bicyclic) bond motifs is 1. The highest BCUT2D eigenvalue weighted by atomic mass is 16.2. The minimum Gasteiger partial charge on any atom is -0.369 e. The molecule has 2 aromatic rings. The summed E-state index contributed by atoms with van der Waals surface area (Å²) in [7, 11) is 0. The molecule has 220 valence electrons. The highest BCUT2D eigenvalue weighted by Crippen LogP contribution is 2.32. The van der Waals surface area contributed by atoms with E-state index in [1.165, 1.54) is 25.7 Å². The average Bonchev–Trinajstić information content (AvgIpc) is 3.45. The van der Waals surface area contributed by atoms with E-state index in [2.05, 4.69) is 12.2 Å². The maximum absolute atomic E-state index is 14.3. The second kappa shape index (κ2) is 14.4. The number of anilines is 1. The van der Waals surface area contributed by atoms with Crippen LogP contribution in [0.4, 0.5) is 5.69 Å². The summed E-state index contributed by atoms with van der Waals surface area (Å²) in [4.78, 5) is 47.5. The Balaban J connectivity index is 1.72. The van der Waals surface area contributed by atoms with Crippen molar-refractivity contribution in [3.05, 3.63) is 65.7 Å². The van der Waals surface area contributed by atoms with Gasteiger partial charge in [-0.3, -0.25) is 14.4 Å². The zero-order valence-corrected chi connectivity index (χ0v) is 24.9. The first kappa shape index (κ1) is 30.5. The maximum atomic E-state index is 14.3. The van der Waals surface area contributed by atoms with Crippen LogP contribution in [0.3, 0.4) is 0 Å². The van der Waals surface area contributed by atoms with Crippen molar-refractivity contribution in [2.24, 2.45) is 34.4 Å². The van der Waals surface area contributed by atoms with Crippen molar-refractivity contribution >= 4 is 29.1 Å². The van der Waals surface area contributed by atoms with Crippen LogP contribution < -0.4 is 16.0 Å². The number of hydrogen-bond donors (Lipinski definition) is 2. The minimum absolute atomic E-state index is 0.176. The van der Waals surface area contributed by atoms with Crippen LogP contribution in [-0.4, -0.2) is 36.1 Å². The van der Waals surface area contributed by atoms with Gasteiger partial charge in [-0.05, 0) is 37.2 Å². The molecule has 4 rings (SSSR count). The van der Waals surface area contributed by atoms with Crippen LogP contribution in [0.25, 0.3) is 0 Å². The molecule has 3 unspecified atom stereocenters. The van der Waals surface area contributed by atoms with Crippen molar-refractivity contribution in [3.63, 3.8) is 0 Å². The van der Waals surface area contributed by atoms with Crippen LogP contribution in [0.5, 0.6) is 0 Å². The van der Waals surface area contributed by atoms with Gasteiger partial charge in [-0.25, -0.2) is 4.99 Å². The lowest BCUT2D eigenvalue weighted by molar-refractivity contribution is -0.136. The number of hydrogen-bond acceptors (Lipinski definition) is 4. The zero-order valence-electron chi connectivity index (χ0n) is 24.9. The van der Waals surface area contributed by atoms with Crippen molar-refractivity contribution in [3.8, 4) is 0 Å². The van der Waals surface area contributed by atoms with Gasteiger partial charge in [-0.1, -0.05) is 108 Å². The lowest BCUT2D eigenvalue weighted by Crippen LogP contribution is -2.51. The number of rotatable bonds is 13. The van der Waals surface area contributed by atoms with Crippen LogP contribution in [0, 0.1) is 23.7 Å². The van der Waals surface area contributed by atoms with Crippen molar-refractivity contribution < 1.29 is 14.4 Å². The second-order valence-electron chi connectivity index (χ2n) is 12.1. The predicted molar refractivity (Wildman–Crippen MR) is 165 cm³/mol. The standard InChI is InChI=1S/C34H46N4O3/c1-4-5-17-26(31(35)39)28(22-23(2)3)33(40)37-32-34(41)38(21-20-24-13-9-10-14-24)29-19-12-11-18-27(29)30(36-32)25-15-7-6-8-16-25/h6-8,11-12,15-16,18-19,23-24,26,28,32H,4-5,9-10,13-14,17,20-22H2,1-3H3,(H2,35,39)(H,37,40). The summed E-state index contributed by atoms with van der Waals surface area (Å²) in [5, 5.41) is 2.99. The van der Waals surface area contributed by atoms with Gasteiger partial charge >= 0.3 is 0 Å². The number of benzene rings is 2. The summed E-state index contributed by atoms with van der Waals surface area (Å²) in [6, 6.07) is 17.7. The Morgan fingerprint density at radius 1 is 1.02 bits per heavy atom. The molecule has 2 aromatic carbocycles. The number of nitrogens with zero attached hydrogens (tertiary/aromatic N) is 2. The molecule has 1 aliphatic carbocycles. The van der Waals surface area contributed by atoms with E-state index in [9.17, 15) is 14.4 Å². The Labute approximate surface area is 245 Å². The minimum atomic E-state index is -1.11. The molecule has 3 amide bonds. The van der Waals surface area contributed by atoms with Gasteiger partial charge in [0.25, 0.3) is 5.91 Å². The van der Waals surface area contributed by atoms with E-state index in [4.69, 9.17) is 10.7 Å². The van der Waals surface area contributed by atoms with E-state index in [1.807, 2.05) is 73.3 Å². The molecule has 1 aliphatic heterocycles. The number of amides is 3. The molecule has 3 atom stereocenters. The molecule has 7 nitrogen and oxygen atoms in total. The van der Waals surface area contributed by atoms with Crippen molar-refractivity contribution in [1.82, 2.24) is 5.32 Å². The third-order valence-corrected chi connectivity index (χ3v) is 8.55. The van der Waals surface area contributed by atoms with E-state index >= 15 is 0 Å². The lowest BCUT2D eigenvalue weighted by atomic mass is 9.81. The summed E-state index contributed by atoms with van der Waals surface area (Å²) >= 11 is 0. The molecular formula is C34H46N4O3. The van der Waals surface area contributed by atoms with E-state index in [1.54, 1.807) is 0 Å². The molecule has 7 heteroatoms. The number of nitrogens with one attached hydrogen (secondary N) is 1. The molecule has 1 saturated carbocycles. The molecular weight excluding hydrogens is 512 g/mol. The number of unbranched alkanes of at least 4 members (excludes halogenated alkanes) is 1. The number of primary amides is 1. The van der Waals surface area contributed by atoms with Gasteiger partial charge in [-0.15, -0.1) is 0 Å². The monoisotopic (exact) mass is 558 g/mol. The average molecular weight is 559 g/mol. The van der Waals surface area contributed by atoms with Crippen molar-refractivity contribution in [2.75, 3.05) is 11.4 Å². The van der Waals surface area contributed by atoms with Crippen LogP contribution in [0.1, 0.15) is 89.7 Å². The number of aliphatic imine (C=N–C) groups is 1. The van der Waals surface area contributed by atoms with E-state index < -0.39 is 23.9 Å². The van der Waals surface area contributed by atoms with Gasteiger partial charge in [0.05, 0.1) is 11.4 Å². The van der Waals surface area contributed by atoms with Gasteiger partial charge < -0.3 is 16.0 Å². The molecule has 41 heavy (non-hydrogen) atoms. The Bertz CT molecular complexity index is 1220. The lowest BCUT2D eigenvalue weighted by Gasteiger charge is -2.29. The van der Waals surface area contributed by atoms with Gasteiger partial charge in [0.2, 0.25) is 18.0 Å². The molecule has 0 spiro atoms. The molecule has 0 bridgehead atoms. The van der Waals surface area contributed by atoms with Crippen molar-refractivity contribution in [2.45, 2.75) is 84.7 Å². The normalized spacial score (nSPS) is 18.9. The molecule has 3 N–H and O–H groups in total. The van der Waals surface area contributed by atoms with E-state index in [-0.39, 0.29) is 17.7 Å². The fraction of sp³-hybridized carbons (Fsp3) is 0.529. The smallest absolute Gasteiger partial charge is 0.272 e. The molecule has 2 aliphatic rings. The largest absolute Gasteiger partial charge is 0.369 e. The number of nitrogens with two attached hydrogens (primary N) is 1. The molecule has 1 heterocycles. The molecule has 0 aromatic heterocycles. The third-order valence-electron chi connectivity index (χ3n) is 8.55. The van der Waals surface area contributed by atoms with Gasteiger partial charge in [0, 0.05) is 29.5 Å². The van der Waals surface area contributed by atoms with E-state index in [0.29, 0.717) is 31.0 Å². The SMILES string of the molecule is CCCCC(C(N)=O)C(CC(C)C)C(=O)NC1N=C(c2ccccc2)c2ccccc2N(CCC2CCCC2)C1=O. The number of benzodiazepines with no additional fused rings is 1.